The van der Waals surface area contributed by atoms with Gasteiger partial charge >= 0.3 is 0 Å². The molecule has 110 valence electrons. The number of benzene rings is 1. The third kappa shape index (κ3) is 3.62. The number of halogens is 1. The van der Waals surface area contributed by atoms with Crippen LogP contribution in [0.4, 0.5) is 11.5 Å². The summed E-state index contributed by atoms with van der Waals surface area (Å²) in [6.07, 6.45) is 3.36. The maximum Gasteiger partial charge on any atom is 0.141 e. The van der Waals surface area contributed by atoms with Crippen molar-refractivity contribution in [2.75, 3.05) is 36.8 Å². The van der Waals surface area contributed by atoms with Gasteiger partial charge in [-0.3, -0.25) is 9.88 Å². The molecule has 1 saturated heterocycles. The Kier molecular flexibility index (Phi) is 4.22. The van der Waals surface area contributed by atoms with Crippen molar-refractivity contribution in [1.82, 2.24) is 14.9 Å². The molecule has 1 fully saturated rings. The van der Waals surface area contributed by atoms with E-state index < -0.39 is 0 Å². The minimum absolute atomic E-state index is 0.463. The molecule has 6 heteroatoms. The maximum atomic E-state index is 6.05. The van der Waals surface area contributed by atoms with Crippen LogP contribution in [-0.4, -0.2) is 41.0 Å². The smallest absolute Gasteiger partial charge is 0.141 e. The van der Waals surface area contributed by atoms with Gasteiger partial charge in [-0.25, -0.2) is 4.98 Å². The van der Waals surface area contributed by atoms with Gasteiger partial charge < -0.3 is 10.6 Å². The van der Waals surface area contributed by atoms with Gasteiger partial charge in [-0.05, 0) is 18.2 Å². The first-order valence-corrected chi connectivity index (χ1v) is 7.38. The largest absolute Gasteiger partial charge is 0.382 e. The topological polar surface area (TPSA) is 58.3 Å². The van der Waals surface area contributed by atoms with Crippen LogP contribution in [0, 0.1) is 0 Å². The van der Waals surface area contributed by atoms with E-state index in [0.29, 0.717) is 5.82 Å². The highest BCUT2D eigenvalue weighted by molar-refractivity contribution is 6.30. The molecule has 0 bridgehead atoms. The predicted octanol–water partition coefficient (Wildman–Crippen LogP) is 2.03. The molecular weight excluding hydrogens is 286 g/mol. The van der Waals surface area contributed by atoms with Gasteiger partial charge in [0.05, 0.1) is 18.1 Å². The van der Waals surface area contributed by atoms with E-state index >= 15 is 0 Å². The van der Waals surface area contributed by atoms with Crippen LogP contribution in [0.25, 0.3) is 0 Å². The number of nitrogen functional groups attached to an aromatic ring is 1. The number of nitrogens with two attached hydrogens (primary N) is 1. The summed E-state index contributed by atoms with van der Waals surface area (Å²) in [4.78, 5) is 13.1. The number of anilines is 2. The summed E-state index contributed by atoms with van der Waals surface area (Å²) in [6, 6.07) is 8.02. The zero-order valence-electron chi connectivity index (χ0n) is 11.7. The van der Waals surface area contributed by atoms with Crippen molar-refractivity contribution in [2.24, 2.45) is 0 Å². The molecule has 1 aliphatic rings. The number of nitrogens with zero attached hydrogens (tertiary/aromatic N) is 4. The molecule has 2 heterocycles. The highest BCUT2D eigenvalue weighted by Crippen LogP contribution is 2.21. The Bertz CT molecular complexity index is 593. The van der Waals surface area contributed by atoms with Crippen molar-refractivity contribution in [3.05, 3.63) is 47.4 Å². The van der Waals surface area contributed by atoms with E-state index in [4.69, 9.17) is 17.3 Å². The summed E-state index contributed by atoms with van der Waals surface area (Å²) in [5, 5.41) is 0.784. The number of hydrogen-bond donors (Lipinski definition) is 1. The van der Waals surface area contributed by atoms with Crippen molar-refractivity contribution in [2.45, 2.75) is 6.54 Å². The van der Waals surface area contributed by atoms with Crippen LogP contribution in [-0.2, 0) is 6.54 Å². The molecule has 1 aromatic heterocycles. The van der Waals surface area contributed by atoms with Gasteiger partial charge in [0.1, 0.15) is 5.82 Å². The van der Waals surface area contributed by atoms with E-state index in [1.165, 1.54) is 5.69 Å². The summed E-state index contributed by atoms with van der Waals surface area (Å²) in [6.45, 7) is 4.79. The van der Waals surface area contributed by atoms with Gasteiger partial charge in [0.15, 0.2) is 0 Å². The molecule has 21 heavy (non-hydrogen) atoms. The molecule has 0 saturated carbocycles. The SMILES string of the molecule is Nc1cnc(CN2CCN(c3cccc(Cl)c3)CC2)cn1. The lowest BCUT2D eigenvalue weighted by Crippen LogP contribution is -2.46. The number of rotatable bonds is 3. The van der Waals surface area contributed by atoms with E-state index in [1.807, 2.05) is 18.2 Å². The summed E-state index contributed by atoms with van der Waals surface area (Å²) in [7, 11) is 0. The van der Waals surface area contributed by atoms with Crippen LogP contribution >= 0.6 is 11.6 Å². The Morgan fingerprint density at radius 2 is 1.90 bits per heavy atom. The highest BCUT2D eigenvalue weighted by atomic mass is 35.5. The second kappa shape index (κ2) is 6.28. The van der Waals surface area contributed by atoms with Gasteiger partial charge in [-0.2, -0.15) is 0 Å². The monoisotopic (exact) mass is 303 g/mol. The van der Waals surface area contributed by atoms with Crippen LogP contribution in [0.2, 0.25) is 5.02 Å². The summed E-state index contributed by atoms with van der Waals surface area (Å²) >= 11 is 6.05. The molecule has 5 nitrogen and oxygen atoms in total. The van der Waals surface area contributed by atoms with Gasteiger partial charge in [-0.1, -0.05) is 17.7 Å². The minimum atomic E-state index is 0.463. The standard InChI is InChI=1S/C15H18ClN5/c16-12-2-1-3-14(8-12)21-6-4-20(5-7-21)11-13-9-19-15(17)10-18-13/h1-3,8-10H,4-7,11H2,(H2,17,19). The Labute approximate surface area is 129 Å². The first kappa shape index (κ1) is 14.1. The molecule has 1 aromatic carbocycles. The van der Waals surface area contributed by atoms with Gasteiger partial charge in [0, 0.05) is 43.4 Å². The van der Waals surface area contributed by atoms with Crippen LogP contribution in [0.1, 0.15) is 5.69 Å². The first-order chi connectivity index (χ1) is 10.2. The minimum Gasteiger partial charge on any atom is -0.382 e. The van der Waals surface area contributed by atoms with Crippen molar-refractivity contribution in [1.29, 1.82) is 0 Å². The normalized spacial score (nSPS) is 16.1. The molecule has 0 spiro atoms. The Balaban J connectivity index is 1.56. The predicted molar refractivity (Wildman–Crippen MR) is 85.4 cm³/mol. The molecule has 3 rings (SSSR count). The van der Waals surface area contributed by atoms with Crippen molar-refractivity contribution in [3.8, 4) is 0 Å². The molecule has 2 aromatic rings. The molecule has 0 amide bonds. The fourth-order valence-corrected chi connectivity index (χ4v) is 2.70. The molecule has 0 unspecified atom stereocenters. The number of hydrogen-bond acceptors (Lipinski definition) is 5. The fraction of sp³-hybridized carbons (Fsp3) is 0.333. The second-order valence-corrected chi connectivity index (χ2v) is 5.61. The molecule has 0 aliphatic carbocycles. The second-order valence-electron chi connectivity index (χ2n) is 5.18. The molecule has 0 radical (unpaired) electrons. The highest BCUT2D eigenvalue weighted by Gasteiger charge is 2.17. The average molecular weight is 304 g/mol. The van der Waals surface area contributed by atoms with Gasteiger partial charge in [-0.15, -0.1) is 0 Å². The third-order valence-corrected chi connectivity index (χ3v) is 3.89. The first-order valence-electron chi connectivity index (χ1n) is 7.00. The summed E-state index contributed by atoms with van der Waals surface area (Å²) in [5.74, 6) is 0.463. The Morgan fingerprint density at radius 1 is 1.10 bits per heavy atom. The van der Waals surface area contributed by atoms with Gasteiger partial charge in [0.2, 0.25) is 0 Å². The van der Waals surface area contributed by atoms with Crippen LogP contribution in [0.3, 0.4) is 0 Å². The summed E-state index contributed by atoms with van der Waals surface area (Å²) < 4.78 is 0. The van der Waals surface area contributed by atoms with Crippen molar-refractivity contribution >= 4 is 23.1 Å². The van der Waals surface area contributed by atoms with Crippen LogP contribution in [0.5, 0.6) is 0 Å². The summed E-state index contributed by atoms with van der Waals surface area (Å²) in [5.41, 5.74) is 7.70. The van der Waals surface area contributed by atoms with Crippen LogP contribution in [0.15, 0.2) is 36.7 Å². The number of aromatic nitrogens is 2. The van der Waals surface area contributed by atoms with E-state index in [-0.39, 0.29) is 0 Å². The number of piperazine rings is 1. The lowest BCUT2D eigenvalue weighted by Gasteiger charge is -2.36. The Morgan fingerprint density at radius 3 is 2.57 bits per heavy atom. The zero-order valence-corrected chi connectivity index (χ0v) is 12.5. The van der Waals surface area contributed by atoms with Crippen molar-refractivity contribution in [3.63, 3.8) is 0 Å². The van der Waals surface area contributed by atoms with E-state index in [2.05, 4.69) is 25.8 Å². The van der Waals surface area contributed by atoms with E-state index in [9.17, 15) is 0 Å². The van der Waals surface area contributed by atoms with E-state index in [1.54, 1.807) is 12.4 Å². The van der Waals surface area contributed by atoms with Crippen LogP contribution < -0.4 is 10.6 Å². The van der Waals surface area contributed by atoms with E-state index in [0.717, 1.165) is 43.4 Å². The maximum absolute atomic E-state index is 6.05. The average Bonchev–Trinajstić information content (AvgIpc) is 2.50. The van der Waals surface area contributed by atoms with Crippen molar-refractivity contribution < 1.29 is 0 Å². The van der Waals surface area contributed by atoms with Gasteiger partial charge in [0.25, 0.3) is 0 Å². The lowest BCUT2D eigenvalue weighted by atomic mass is 10.2. The third-order valence-electron chi connectivity index (χ3n) is 3.66. The molecule has 1 aliphatic heterocycles. The molecule has 0 atom stereocenters. The lowest BCUT2D eigenvalue weighted by molar-refractivity contribution is 0.247. The zero-order chi connectivity index (χ0) is 14.7. The quantitative estimate of drug-likeness (QED) is 0.940. The molecular formula is C15H18ClN5. The Hall–Kier alpha value is -1.85. The fourth-order valence-electron chi connectivity index (χ4n) is 2.51. The molecule has 2 N–H and O–H groups in total.